The minimum absolute atomic E-state index is 0.320. The lowest BCUT2D eigenvalue weighted by atomic mass is 10.0. The van der Waals surface area contributed by atoms with Gasteiger partial charge < -0.3 is 8.83 Å². The molecule has 2 aromatic heterocycles. The van der Waals surface area contributed by atoms with Crippen LogP contribution in [0.3, 0.4) is 0 Å². The van der Waals surface area contributed by atoms with Crippen molar-refractivity contribution in [3.05, 3.63) is 57.6 Å². The fraction of sp³-hybridized carbons (Fsp3) is 0.167. The molecule has 0 aliphatic heterocycles. The van der Waals surface area contributed by atoms with Gasteiger partial charge in [-0.15, -0.1) is 0 Å². The van der Waals surface area contributed by atoms with Crippen LogP contribution in [0.15, 0.2) is 44.0 Å². The molecular formula is C18H14O3. The monoisotopic (exact) mass is 278 g/mol. The van der Waals surface area contributed by atoms with Crippen LogP contribution in [0.1, 0.15) is 16.9 Å². The molecule has 3 nitrogen and oxygen atoms in total. The summed E-state index contributed by atoms with van der Waals surface area (Å²) in [5.41, 5.74) is 3.24. The van der Waals surface area contributed by atoms with Gasteiger partial charge >= 0.3 is 5.63 Å². The second kappa shape index (κ2) is 3.98. The molecule has 0 radical (unpaired) electrons. The molecule has 0 fully saturated rings. The van der Waals surface area contributed by atoms with Gasteiger partial charge in [-0.05, 0) is 44.0 Å². The van der Waals surface area contributed by atoms with Gasteiger partial charge in [-0.3, -0.25) is 0 Å². The van der Waals surface area contributed by atoms with E-state index >= 15 is 0 Å². The number of aryl methyl sites for hydroxylation is 3. The molecule has 0 aliphatic carbocycles. The van der Waals surface area contributed by atoms with Gasteiger partial charge in [0, 0.05) is 27.6 Å². The molecule has 2 aromatic carbocycles. The Hall–Kier alpha value is -2.55. The maximum absolute atomic E-state index is 11.7. The highest BCUT2D eigenvalue weighted by Crippen LogP contribution is 2.35. The Morgan fingerprint density at radius 2 is 1.33 bits per heavy atom. The first-order chi connectivity index (χ1) is 10.1. The lowest BCUT2D eigenvalue weighted by Gasteiger charge is -2.05. The van der Waals surface area contributed by atoms with Crippen LogP contribution in [0.2, 0.25) is 0 Å². The first-order valence-corrected chi connectivity index (χ1v) is 6.92. The maximum Gasteiger partial charge on any atom is 0.336 e. The van der Waals surface area contributed by atoms with Crippen molar-refractivity contribution in [3.63, 3.8) is 0 Å². The highest BCUT2D eigenvalue weighted by atomic mass is 16.4. The third kappa shape index (κ3) is 1.57. The molecule has 0 bridgehead atoms. The van der Waals surface area contributed by atoms with Crippen molar-refractivity contribution in [2.24, 2.45) is 0 Å². The third-order valence-corrected chi connectivity index (χ3v) is 4.25. The van der Waals surface area contributed by atoms with Crippen molar-refractivity contribution in [2.75, 3.05) is 0 Å². The maximum atomic E-state index is 11.7. The van der Waals surface area contributed by atoms with Crippen LogP contribution in [0.4, 0.5) is 0 Å². The summed E-state index contributed by atoms with van der Waals surface area (Å²) in [6.45, 7) is 5.94. The van der Waals surface area contributed by atoms with E-state index in [4.69, 9.17) is 8.83 Å². The van der Waals surface area contributed by atoms with E-state index in [0.717, 1.165) is 44.0 Å². The smallest absolute Gasteiger partial charge is 0.336 e. The van der Waals surface area contributed by atoms with Crippen molar-refractivity contribution in [1.82, 2.24) is 0 Å². The van der Waals surface area contributed by atoms with E-state index in [1.54, 1.807) is 0 Å². The van der Waals surface area contributed by atoms with Gasteiger partial charge in [0.2, 0.25) is 0 Å². The van der Waals surface area contributed by atoms with E-state index in [-0.39, 0.29) is 5.63 Å². The summed E-state index contributed by atoms with van der Waals surface area (Å²) >= 11 is 0. The van der Waals surface area contributed by atoms with E-state index in [1.807, 2.05) is 38.1 Å². The van der Waals surface area contributed by atoms with Crippen molar-refractivity contribution in [2.45, 2.75) is 20.8 Å². The number of benzene rings is 2. The number of hydrogen-bond acceptors (Lipinski definition) is 3. The zero-order valence-electron chi connectivity index (χ0n) is 12.1. The summed E-state index contributed by atoms with van der Waals surface area (Å²) in [4.78, 5) is 11.7. The van der Waals surface area contributed by atoms with Crippen molar-refractivity contribution in [1.29, 1.82) is 0 Å². The molecule has 0 N–H and O–H groups in total. The van der Waals surface area contributed by atoms with Gasteiger partial charge in [0.05, 0.1) is 0 Å². The second-order valence-corrected chi connectivity index (χ2v) is 5.51. The van der Waals surface area contributed by atoms with Crippen LogP contribution in [0.5, 0.6) is 0 Å². The average molecular weight is 278 g/mol. The van der Waals surface area contributed by atoms with Gasteiger partial charge in [-0.25, -0.2) is 4.79 Å². The molecule has 0 saturated carbocycles. The number of rotatable bonds is 0. The molecule has 3 heteroatoms. The first kappa shape index (κ1) is 12.2. The van der Waals surface area contributed by atoms with Crippen LogP contribution >= 0.6 is 0 Å². The first-order valence-electron chi connectivity index (χ1n) is 6.92. The molecule has 0 spiro atoms. The molecular weight excluding hydrogens is 264 g/mol. The Kier molecular flexibility index (Phi) is 2.31. The van der Waals surface area contributed by atoms with Crippen LogP contribution in [-0.2, 0) is 0 Å². The Balaban J connectivity index is 2.30. The summed E-state index contributed by atoms with van der Waals surface area (Å²) in [6, 6.07) is 9.58. The predicted octanol–water partition coefficient (Wildman–Crippen LogP) is 4.62. The molecule has 2 heterocycles. The molecule has 0 unspecified atom stereocenters. The number of furan rings is 1. The fourth-order valence-corrected chi connectivity index (χ4v) is 2.98. The second-order valence-electron chi connectivity index (χ2n) is 5.51. The van der Waals surface area contributed by atoms with E-state index in [2.05, 4.69) is 6.92 Å². The lowest BCUT2D eigenvalue weighted by Crippen LogP contribution is -1.98. The van der Waals surface area contributed by atoms with Crippen LogP contribution in [-0.4, -0.2) is 0 Å². The Morgan fingerprint density at radius 1 is 0.762 bits per heavy atom. The quantitative estimate of drug-likeness (QED) is 0.348. The summed E-state index contributed by atoms with van der Waals surface area (Å²) in [7, 11) is 0. The molecule has 104 valence electrons. The van der Waals surface area contributed by atoms with Crippen LogP contribution in [0, 0.1) is 20.8 Å². The number of hydrogen-bond donors (Lipinski definition) is 0. The molecule has 0 atom stereocenters. The summed E-state index contributed by atoms with van der Waals surface area (Å²) in [5, 5.41) is 3.95. The molecule has 0 amide bonds. The zero-order chi connectivity index (χ0) is 14.7. The van der Waals surface area contributed by atoms with E-state index in [1.165, 1.54) is 6.07 Å². The van der Waals surface area contributed by atoms with Gasteiger partial charge in [0.25, 0.3) is 0 Å². The Morgan fingerprint density at radius 3 is 2.05 bits per heavy atom. The summed E-state index contributed by atoms with van der Waals surface area (Å²) < 4.78 is 11.3. The van der Waals surface area contributed by atoms with Gasteiger partial charge in [0.15, 0.2) is 0 Å². The minimum atomic E-state index is -0.320. The summed E-state index contributed by atoms with van der Waals surface area (Å²) in [5.74, 6) is 0.920. The molecule has 4 aromatic rings. The van der Waals surface area contributed by atoms with Gasteiger partial charge in [-0.1, -0.05) is 12.1 Å². The van der Waals surface area contributed by atoms with E-state index in [0.29, 0.717) is 5.58 Å². The molecule has 0 saturated heterocycles. The van der Waals surface area contributed by atoms with Crippen molar-refractivity contribution < 1.29 is 8.83 Å². The SMILES string of the molecule is Cc1oc2c(ccc3c2ccc2c(C)cc(=O)oc23)c1C. The number of fused-ring (bicyclic) bond motifs is 5. The normalized spacial score (nSPS) is 11.8. The van der Waals surface area contributed by atoms with Crippen LogP contribution in [0.25, 0.3) is 32.7 Å². The van der Waals surface area contributed by atoms with Crippen molar-refractivity contribution >= 4 is 32.7 Å². The van der Waals surface area contributed by atoms with E-state index in [9.17, 15) is 4.79 Å². The standard InChI is InChI=1S/C18H14O3/c1-9-8-16(19)21-17-12(9)4-6-15-14(17)7-5-13-10(2)11(3)20-18(13)15/h4-8H,1-3H3. The lowest BCUT2D eigenvalue weighted by molar-refractivity contribution is 0.562. The molecule has 4 rings (SSSR count). The van der Waals surface area contributed by atoms with Gasteiger partial charge in [-0.2, -0.15) is 0 Å². The van der Waals surface area contributed by atoms with E-state index < -0.39 is 0 Å². The molecule has 21 heavy (non-hydrogen) atoms. The topological polar surface area (TPSA) is 43.4 Å². The highest BCUT2D eigenvalue weighted by molar-refractivity contribution is 6.14. The largest absolute Gasteiger partial charge is 0.460 e. The Labute approximate surface area is 120 Å². The van der Waals surface area contributed by atoms with Crippen LogP contribution < -0.4 is 5.63 Å². The van der Waals surface area contributed by atoms with Gasteiger partial charge in [0.1, 0.15) is 16.9 Å². The average Bonchev–Trinajstić information content (AvgIpc) is 2.74. The third-order valence-electron chi connectivity index (χ3n) is 4.25. The molecule has 0 aliphatic rings. The highest BCUT2D eigenvalue weighted by Gasteiger charge is 2.13. The summed E-state index contributed by atoms with van der Waals surface area (Å²) in [6.07, 6.45) is 0. The minimum Gasteiger partial charge on any atom is -0.460 e. The fourth-order valence-electron chi connectivity index (χ4n) is 2.98. The zero-order valence-corrected chi connectivity index (χ0v) is 12.1. The van der Waals surface area contributed by atoms with Crippen molar-refractivity contribution in [3.8, 4) is 0 Å². The predicted molar refractivity (Wildman–Crippen MR) is 84.0 cm³/mol. The Bertz CT molecular complexity index is 1080.